The first-order valence-corrected chi connectivity index (χ1v) is 10.8. The van der Waals surface area contributed by atoms with Crippen molar-refractivity contribution in [1.29, 1.82) is 0 Å². The van der Waals surface area contributed by atoms with Crippen LogP contribution in [0.5, 0.6) is 5.75 Å². The summed E-state index contributed by atoms with van der Waals surface area (Å²) in [6.45, 7) is 1.02. The van der Waals surface area contributed by atoms with Crippen molar-refractivity contribution in [2.75, 3.05) is 13.7 Å². The van der Waals surface area contributed by atoms with Crippen LogP contribution in [-0.2, 0) is 0 Å². The SMILES string of the molecule is COc1cc2c(C(O)CC3CCCCN3)cc(-c3ccc(Cl)cc3)cc2cc1Cl. The molecule has 3 aromatic carbocycles. The van der Waals surface area contributed by atoms with Gasteiger partial charge in [0.25, 0.3) is 0 Å². The second-order valence-corrected chi connectivity index (χ2v) is 8.52. The summed E-state index contributed by atoms with van der Waals surface area (Å²) >= 11 is 12.5. The summed E-state index contributed by atoms with van der Waals surface area (Å²) in [6, 6.07) is 16.1. The van der Waals surface area contributed by atoms with Crippen LogP contribution in [0.4, 0.5) is 0 Å². The van der Waals surface area contributed by atoms with Gasteiger partial charge in [0.15, 0.2) is 0 Å². The number of nitrogens with one attached hydrogen (secondary N) is 1. The predicted octanol–water partition coefficient (Wildman–Crippen LogP) is 6.39. The van der Waals surface area contributed by atoms with E-state index in [-0.39, 0.29) is 0 Å². The van der Waals surface area contributed by atoms with Crippen LogP contribution < -0.4 is 10.1 Å². The van der Waals surface area contributed by atoms with Gasteiger partial charge in [-0.25, -0.2) is 0 Å². The van der Waals surface area contributed by atoms with Crippen molar-refractivity contribution in [3.05, 3.63) is 64.1 Å². The molecule has 5 heteroatoms. The maximum atomic E-state index is 11.2. The number of ether oxygens (including phenoxy) is 1. The summed E-state index contributed by atoms with van der Waals surface area (Å²) in [7, 11) is 1.61. The van der Waals surface area contributed by atoms with E-state index in [4.69, 9.17) is 27.9 Å². The van der Waals surface area contributed by atoms with Crippen molar-refractivity contribution in [2.45, 2.75) is 37.8 Å². The van der Waals surface area contributed by atoms with E-state index >= 15 is 0 Å². The third-order valence-corrected chi connectivity index (χ3v) is 6.26. The molecule has 0 amide bonds. The van der Waals surface area contributed by atoms with E-state index in [0.29, 0.717) is 28.3 Å². The van der Waals surface area contributed by atoms with Crippen LogP contribution in [0, 0.1) is 0 Å². The molecule has 2 N–H and O–H groups in total. The Hall–Kier alpha value is -1.78. The van der Waals surface area contributed by atoms with E-state index in [0.717, 1.165) is 40.4 Å². The van der Waals surface area contributed by atoms with Crippen molar-refractivity contribution in [1.82, 2.24) is 5.32 Å². The third kappa shape index (κ3) is 4.54. The van der Waals surface area contributed by atoms with Crippen molar-refractivity contribution in [3.63, 3.8) is 0 Å². The summed E-state index contributed by atoms with van der Waals surface area (Å²) in [5.74, 6) is 0.614. The molecular formula is C24H25Cl2NO2. The zero-order valence-corrected chi connectivity index (χ0v) is 17.9. The number of hydrogen-bond acceptors (Lipinski definition) is 3. The standard InChI is InChI=1S/C24H25Cl2NO2/c1-29-24-14-20-17(12-22(24)26)10-16(15-5-7-18(25)8-6-15)11-21(20)23(28)13-19-4-2-3-9-27-19/h5-8,10-12,14,19,23,27-28H,2-4,9,13H2,1H3. The van der Waals surface area contributed by atoms with Crippen molar-refractivity contribution in [2.24, 2.45) is 0 Å². The fraction of sp³-hybridized carbons (Fsp3) is 0.333. The highest BCUT2D eigenvalue weighted by atomic mass is 35.5. The van der Waals surface area contributed by atoms with Crippen LogP contribution in [-0.4, -0.2) is 24.8 Å². The van der Waals surface area contributed by atoms with E-state index in [1.807, 2.05) is 36.4 Å². The Labute approximate surface area is 181 Å². The molecule has 2 unspecified atom stereocenters. The summed E-state index contributed by atoms with van der Waals surface area (Å²) in [5, 5.41) is 17.9. The maximum absolute atomic E-state index is 11.2. The van der Waals surface area contributed by atoms with Gasteiger partial charge in [0.1, 0.15) is 5.75 Å². The Balaban J connectivity index is 1.80. The molecule has 4 rings (SSSR count). The molecule has 0 bridgehead atoms. The minimum atomic E-state index is -0.578. The Morgan fingerprint density at radius 3 is 2.55 bits per heavy atom. The van der Waals surface area contributed by atoms with Crippen LogP contribution in [0.25, 0.3) is 21.9 Å². The van der Waals surface area contributed by atoms with Crippen LogP contribution in [0.1, 0.15) is 37.4 Å². The highest BCUT2D eigenvalue weighted by Crippen LogP contribution is 2.38. The quantitative estimate of drug-likeness (QED) is 0.493. The fourth-order valence-corrected chi connectivity index (χ4v) is 4.53. The number of halogens is 2. The van der Waals surface area contributed by atoms with Crippen LogP contribution in [0.3, 0.4) is 0 Å². The average molecular weight is 430 g/mol. The van der Waals surface area contributed by atoms with Gasteiger partial charge in [0.2, 0.25) is 0 Å². The number of methoxy groups -OCH3 is 1. The number of hydrogen-bond donors (Lipinski definition) is 2. The molecule has 0 aliphatic carbocycles. The molecule has 0 spiro atoms. The van der Waals surface area contributed by atoms with Crippen LogP contribution in [0.2, 0.25) is 10.0 Å². The molecule has 3 aromatic rings. The van der Waals surface area contributed by atoms with Gasteiger partial charge >= 0.3 is 0 Å². The molecule has 152 valence electrons. The molecule has 29 heavy (non-hydrogen) atoms. The molecule has 1 saturated heterocycles. The average Bonchev–Trinajstić information content (AvgIpc) is 2.73. The molecule has 3 nitrogen and oxygen atoms in total. The zero-order valence-electron chi connectivity index (χ0n) is 16.4. The summed E-state index contributed by atoms with van der Waals surface area (Å²) in [4.78, 5) is 0. The number of piperidine rings is 1. The Bertz CT molecular complexity index is 998. The predicted molar refractivity (Wildman–Crippen MR) is 121 cm³/mol. The number of rotatable bonds is 5. The third-order valence-electron chi connectivity index (χ3n) is 5.71. The van der Waals surface area contributed by atoms with Gasteiger partial charge in [0, 0.05) is 11.1 Å². The molecule has 0 saturated carbocycles. The van der Waals surface area contributed by atoms with Crippen molar-refractivity contribution in [3.8, 4) is 16.9 Å². The molecule has 1 heterocycles. The van der Waals surface area contributed by atoms with E-state index in [1.165, 1.54) is 12.8 Å². The number of benzene rings is 3. The lowest BCUT2D eigenvalue weighted by atomic mass is 9.90. The van der Waals surface area contributed by atoms with Crippen molar-refractivity contribution < 1.29 is 9.84 Å². The van der Waals surface area contributed by atoms with Crippen LogP contribution >= 0.6 is 23.2 Å². The number of aliphatic hydroxyl groups is 1. The minimum Gasteiger partial charge on any atom is -0.495 e. The summed E-state index contributed by atoms with van der Waals surface area (Å²) in [5.41, 5.74) is 2.98. The fourth-order valence-electron chi connectivity index (χ4n) is 4.16. The van der Waals surface area contributed by atoms with E-state index in [2.05, 4.69) is 17.4 Å². The molecule has 1 aliphatic heterocycles. The second-order valence-electron chi connectivity index (χ2n) is 7.68. The molecule has 1 fully saturated rings. The van der Waals surface area contributed by atoms with Crippen LogP contribution in [0.15, 0.2) is 48.5 Å². The van der Waals surface area contributed by atoms with Gasteiger partial charge in [-0.1, -0.05) is 41.8 Å². The Kier molecular flexibility index (Phi) is 6.31. The smallest absolute Gasteiger partial charge is 0.138 e. The highest BCUT2D eigenvalue weighted by molar-refractivity contribution is 6.33. The van der Waals surface area contributed by atoms with Gasteiger partial charge in [0.05, 0.1) is 18.2 Å². The van der Waals surface area contributed by atoms with Gasteiger partial charge < -0.3 is 15.2 Å². The minimum absolute atomic E-state index is 0.335. The topological polar surface area (TPSA) is 41.5 Å². The molecule has 2 atom stereocenters. The van der Waals surface area contributed by atoms with E-state index in [1.54, 1.807) is 7.11 Å². The number of fused-ring (bicyclic) bond motifs is 1. The first kappa shape index (κ1) is 20.5. The number of aliphatic hydroxyl groups excluding tert-OH is 1. The second kappa shape index (κ2) is 8.93. The lowest BCUT2D eigenvalue weighted by molar-refractivity contribution is 0.146. The van der Waals surface area contributed by atoms with Crippen molar-refractivity contribution >= 4 is 34.0 Å². The maximum Gasteiger partial charge on any atom is 0.138 e. The zero-order chi connectivity index (χ0) is 20.4. The van der Waals surface area contributed by atoms with E-state index < -0.39 is 6.10 Å². The van der Waals surface area contributed by atoms with Gasteiger partial charge in [-0.05, 0) is 89.7 Å². The largest absolute Gasteiger partial charge is 0.495 e. The highest BCUT2D eigenvalue weighted by Gasteiger charge is 2.21. The monoisotopic (exact) mass is 429 g/mol. The molecule has 0 radical (unpaired) electrons. The molecular weight excluding hydrogens is 405 g/mol. The molecule has 1 aliphatic rings. The van der Waals surface area contributed by atoms with Gasteiger partial charge in [-0.2, -0.15) is 0 Å². The summed E-state index contributed by atoms with van der Waals surface area (Å²) in [6.07, 6.45) is 3.62. The lowest BCUT2D eigenvalue weighted by Gasteiger charge is -2.26. The normalized spacial score (nSPS) is 18.0. The van der Waals surface area contributed by atoms with E-state index in [9.17, 15) is 5.11 Å². The first-order chi connectivity index (χ1) is 14.0. The Morgan fingerprint density at radius 1 is 1.07 bits per heavy atom. The summed E-state index contributed by atoms with van der Waals surface area (Å²) < 4.78 is 5.43. The first-order valence-electron chi connectivity index (χ1n) is 10.0. The Morgan fingerprint density at radius 2 is 1.86 bits per heavy atom. The molecule has 0 aromatic heterocycles. The van der Waals surface area contributed by atoms with Gasteiger partial charge in [-0.15, -0.1) is 0 Å². The lowest BCUT2D eigenvalue weighted by Crippen LogP contribution is -2.35. The van der Waals surface area contributed by atoms with Gasteiger partial charge in [-0.3, -0.25) is 0 Å².